The van der Waals surface area contributed by atoms with Gasteiger partial charge in [0, 0.05) is 37.8 Å². The average Bonchev–Trinajstić information content (AvgIpc) is 3.26. The Morgan fingerprint density at radius 2 is 1.72 bits per heavy atom. The largest absolute Gasteiger partial charge is 0.305 e. The fourth-order valence-corrected chi connectivity index (χ4v) is 4.08. The number of nitrogens with one attached hydrogen (secondary N) is 1. The molecule has 5 heteroatoms. The van der Waals surface area contributed by atoms with E-state index in [4.69, 9.17) is 0 Å². The summed E-state index contributed by atoms with van der Waals surface area (Å²) in [6, 6.07) is 21.8. The fourth-order valence-electron chi connectivity index (χ4n) is 4.08. The molecule has 3 heterocycles. The van der Waals surface area contributed by atoms with Gasteiger partial charge in [0.1, 0.15) is 5.69 Å². The summed E-state index contributed by atoms with van der Waals surface area (Å²) in [4.78, 5) is 2.51. The number of hydrogen-bond donors (Lipinski definition) is 1. The monoisotopic (exact) mass is 331 g/mol. The second-order valence-electron chi connectivity index (χ2n) is 6.93. The molecule has 0 aliphatic carbocycles. The summed E-state index contributed by atoms with van der Waals surface area (Å²) < 4.78 is 2.16. The normalized spacial score (nSPS) is 22.6. The third-order valence-corrected chi connectivity index (χ3v) is 5.30. The van der Waals surface area contributed by atoms with Crippen LogP contribution in [0.15, 0.2) is 60.7 Å². The zero-order chi connectivity index (χ0) is 16.6. The van der Waals surface area contributed by atoms with Crippen LogP contribution in [0.3, 0.4) is 0 Å². The Kier molecular flexibility index (Phi) is 3.61. The first kappa shape index (κ1) is 14.8. The lowest BCUT2D eigenvalue weighted by Gasteiger charge is -2.27. The number of nitrogens with zero attached hydrogens (tertiary/aromatic N) is 4. The van der Waals surface area contributed by atoms with Gasteiger partial charge in [0.05, 0.1) is 11.7 Å². The number of benzene rings is 2. The molecule has 2 aromatic carbocycles. The Morgan fingerprint density at radius 3 is 2.52 bits per heavy atom. The minimum Gasteiger partial charge on any atom is -0.305 e. The van der Waals surface area contributed by atoms with Crippen LogP contribution in [0.2, 0.25) is 0 Å². The fraction of sp³-hybridized carbons (Fsp3) is 0.300. The second-order valence-corrected chi connectivity index (χ2v) is 6.93. The zero-order valence-electron chi connectivity index (χ0n) is 14.0. The van der Waals surface area contributed by atoms with Gasteiger partial charge >= 0.3 is 0 Å². The van der Waals surface area contributed by atoms with Gasteiger partial charge in [-0.2, -0.15) is 0 Å². The Hall–Kier alpha value is -2.50. The first-order chi connectivity index (χ1) is 12.4. The topological polar surface area (TPSA) is 46.0 Å². The lowest BCUT2D eigenvalue weighted by molar-refractivity contribution is 0.307. The van der Waals surface area contributed by atoms with E-state index in [-0.39, 0.29) is 0 Å². The molecule has 2 atom stereocenters. The van der Waals surface area contributed by atoms with Crippen LogP contribution in [0, 0.1) is 0 Å². The number of aromatic nitrogens is 3. The third kappa shape index (κ3) is 2.65. The van der Waals surface area contributed by atoms with Gasteiger partial charge < -0.3 is 5.32 Å². The molecule has 0 unspecified atom stereocenters. The minimum atomic E-state index is 0.359. The van der Waals surface area contributed by atoms with E-state index >= 15 is 0 Å². The van der Waals surface area contributed by atoms with Crippen molar-refractivity contribution in [3.8, 4) is 11.3 Å². The van der Waals surface area contributed by atoms with Crippen molar-refractivity contribution in [1.29, 1.82) is 0 Å². The minimum absolute atomic E-state index is 0.359. The van der Waals surface area contributed by atoms with Crippen LogP contribution < -0.4 is 5.32 Å². The Morgan fingerprint density at radius 1 is 0.960 bits per heavy atom. The molecule has 1 saturated heterocycles. The Balaban J connectivity index is 1.40. The summed E-state index contributed by atoms with van der Waals surface area (Å²) in [5.41, 5.74) is 4.72. The molecular formula is C20H21N5. The smallest absolute Gasteiger partial charge is 0.117 e. The van der Waals surface area contributed by atoms with Crippen LogP contribution >= 0.6 is 0 Å². The molecule has 5 nitrogen and oxygen atoms in total. The highest BCUT2D eigenvalue weighted by Gasteiger charge is 2.39. The summed E-state index contributed by atoms with van der Waals surface area (Å²) in [5.74, 6) is 0. The van der Waals surface area contributed by atoms with Gasteiger partial charge in [0.15, 0.2) is 0 Å². The molecule has 0 saturated carbocycles. The third-order valence-electron chi connectivity index (χ3n) is 5.30. The summed E-state index contributed by atoms with van der Waals surface area (Å²) in [6.45, 7) is 3.89. The van der Waals surface area contributed by atoms with Crippen molar-refractivity contribution in [2.75, 3.05) is 13.1 Å². The zero-order valence-corrected chi connectivity index (χ0v) is 14.0. The molecule has 0 radical (unpaired) electrons. The van der Waals surface area contributed by atoms with Gasteiger partial charge in [-0.25, -0.2) is 4.68 Å². The van der Waals surface area contributed by atoms with Crippen molar-refractivity contribution in [2.45, 2.75) is 25.2 Å². The highest BCUT2D eigenvalue weighted by molar-refractivity contribution is 5.61. The van der Waals surface area contributed by atoms with Crippen LogP contribution in [-0.2, 0) is 13.1 Å². The maximum absolute atomic E-state index is 4.52. The second kappa shape index (κ2) is 6.10. The standard InChI is InChI=1S/C20H21N5/c1-3-7-15(8-4-1)12-24-13-17-19(14-24)25-18(11-21-17)20(22-23-25)16-9-5-2-6-10-16/h1-10,17,19,21H,11-14H2/t17-,19+/m1/s1. The van der Waals surface area contributed by atoms with Crippen molar-refractivity contribution < 1.29 is 0 Å². The maximum atomic E-state index is 4.52. The molecule has 2 aliphatic rings. The molecule has 1 aromatic heterocycles. The van der Waals surface area contributed by atoms with E-state index in [0.717, 1.165) is 37.4 Å². The van der Waals surface area contributed by atoms with E-state index in [1.807, 2.05) is 6.07 Å². The first-order valence-corrected chi connectivity index (χ1v) is 8.87. The summed E-state index contributed by atoms with van der Waals surface area (Å²) in [5, 5.41) is 12.7. The average molecular weight is 331 g/mol. The predicted molar refractivity (Wildman–Crippen MR) is 96.8 cm³/mol. The molecule has 1 N–H and O–H groups in total. The van der Waals surface area contributed by atoms with E-state index in [0.29, 0.717) is 12.1 Å². The van der Waals surface area contributed by atoms with Gasteiger partial charge in [-0.3, -0.25) is 4.90 Å². The lowest BCUT2D eigenvalue weighted by atomic mass is 10.1. The number of fused-ring (bicyclic) bond motifs is 3. The quantitative estimate of drug-likeness (QED) is 0.801. The van der Waals surface area contributed by atoms with Crippen LogP contribution in [-0.4, -0.2) is 39.0 Å². The van der Waals surface area contributed by atoms with Crippen molar-refractivity contribution in [1.82, 2.24) is 25.2 Å². The number of hydrogen-bond acceptors (Lipinski definition) is 4. The Bertz CT molecular complexity index is 858. The highest BCUT2D eigenvalue weighted by Crippen LogP contribution is 2.31. The molecule has 0 amide bonds. The van der Waals surface area contributed by atoms with Crippen LogP contribution in [0.4, 0.5) is 0 Å². The predicted octanol–water partition coefficient (Wildman–Crippen LogP) is 2.47. The Labute approximate surface area is 147 Å². The summed E-state index contributed by atoms with van der Waals surface area (Å²) in [6.07, 6.45) is 0. The molecule has 3 aromatic rings. The molecule has 126 valence electrons. The van der Waals surface area contributed by atoms with Gasteiger partial charge in [-0.05, 0) is 5.56 Å². The van der Waals surface area contributed by atoms with Crippen molar-refractivity contribution in [3.63, 3.8) is 0 Å². The number of rotatable bonds is 3. The number of likely N-dealkylation sites (tertiary alicyclic amines) is 1. The van der Waals surface area contributed by atoms with Gasteiger partial charge in [0.2, 0.25) is 0 Å². The van der Waals surface area contributed by atoms with Crippen LogP contribution in [0.1, 0.15) is 17.3 Å². The maximum Gasteiger partial charge on any atom is 0.117 e. The van der Waals surface area contributed by atoms with E-state index in [1.165, 1.54) is 11.3 Å². The van der Waals surface area contributed by atoms with E-state index in [1.54, 1.807) is 0 Å². The molecule has 0 spiro atoms. The van der Waals surface area contributed by atoms with Gasteiger partial charge in [-0.1, -0.05) is 65.9 Å². The van der Waals surface area contributed by atoms with E-state index < -0.39 is 0 Å². The SMILES string of the molecule is c1ccc(CN2C[C@H]3NCc4c(-c5ccccc5)nnn4[C@H]3C2)cc1. The summed E-state index contributed by atoms with van der Waals surface area (Å²) in [7, 11) is 0. The van der Waals surface area contributed by atoms with Crippen LogP contribution in [0.25, 0.3) is 11.3 Å². The van der Waals surface area contributed by atoms with E-state index in [2.05, 4.69) is 79.8 Å². The van der Waals surface area contributed by atoms with Crippen molar-refractivity contribution in [3.05, 3.63) is 71.9 Å². The molecule has 5 rings (SSSR count). The van der Waals surface area contributed by atoms with Crippen molar-refractivity contribution >= 4 is 0 Å². The van der Waals surface area contributed by atoms with Crippen molar-refractivity contribution in [2.24, 2.45) is 0 Å². The van der Waals surface area contributed by atoms with Gasteiger partial charge in [0.25, 0.3) is 0 Å². The lowest BCUT2D eigenvalue weighted by Crippen LogP contribution is -2.42. The van der Waals surface area contributed by atoms with E-state index in [9.17, 15) is 0 Å². The molecule has 0 bridgehead atoms. The summed E-state index contributed by atoms with van der Waals surface area (Å²) >= 11 is 0. The van der Waals surface area contributed by atoms with Crippen LogP contribution in [0.5, 0.6) is 0 Å². The molecule has 1 fully saturated rings. The highest BCUT2D eigenvalue weighted by atomic mass is 15.5. The first-order valence-electron chi connectivity index (χ1n) is 8.87. The molecular weight excluding hydrogens is 310 g/mol. The molecule has 25 heavy (non-hydrogen) atoms. The molecule has 2 aliphatic heterocycles. The van der Waals surface area contributed by atoms with Gasteiger partial charge in [-0.15, -0.1) is 5.10 Å².